The summed E-state index contributed by atoms with van der Waals surface area (Å²) in [5, 5.41) is 5.75. The summed E-state index contributed by atoms with van der Waals surface area (Å²) in [5.74, 6) is 0.0240. The molecule has 1 fully saturated rings. The molecule has 0 heterocycles. The molecule has 0 bridgehead atoms. The number of carbonyl (C=O) groups is 3. The van der Waals surface area contributed by atoms with E-state index >= 15 is 0 Å². The fourth-order valence-electron chi connectivity index (χ4n) is 4.02. The maximum absolute atomic E-state index is 12.6. The molecule has 0 saturated heterocycles. The predicted octanol–water partition coefficient (Wildman–Crippen LogP) is 4.12. The van der Waals surface area contributed by atoms with Gasteiger partial charge < -0.3 is 20.1 Å². The molecule has 1 aliphatic carbocycles. The molecular weight excluding hydrogens is 420 g/mol. The predicted molar refractivity (Wildman–Crippen MR) is 126 cm³/mol. The fourth-order valence-corrected chi connectivity index (χ4v) is 4.02. The van der Waals surface area contributed by atoms with Crippen molar-refractivity contribution in [3.05, 3.63) is 59.7 Å². The molecule has 2 amide bonds. The van der Waals surface area contributed by atoms with Crippen LogP contribution in [0.2, 0.25) is 0 Å². The third-order valence-electron chi connectivity index (χ3n) is 6.01. The van der Waals surface area contributed by atoms with Gasteiger partial charge in [0.05, 0.1) is 18.4 Å². The molecule has 0 radical (unpaired) electrons. The van der Waals surface area contributed by atoms with Gasteiger partial charge in [-0.25, -0.2) is 4.79 Å². The van der Waals surface area contributed by atoms with Gasteiger partial charge in [0.2, 0.25) is 5.91 Å². The number of carbonyl (C=O) groups excluding carboxylic acids is 3. The van der Waals surface area contributed by atoms with Crippen molar-refractivity contribution in [1.82, 2.24) is 5.32 Å². The van der Waals surface area contributed by atoms with E-state index in [9.17, 15) is 14.4 Å². The second kappa shape index (κ2) is 12.0. The maximum atomic E-state index is 12.6. The van der Waals surface area contributed by atoms with Gasteiger partial charge in [-0.05, 0) is 55.0 Å². The third kappa shape index (κ3) is 7.34. The van der Waals surface area contributed by atoms with E-state index in [2.05, 4.69) is 17.6 Å². The second-order valence-electron chi connectivity index (χ2n) is 8.45. The molecule has 2 aromatic rings. The lowest BCUT2D eigenvalue weighted by atomic mass is 9.86. The highest BCUT2D eigenvalue weighted by Gasteiger charge is 2.23. The van der Waals surface area contributed by atoms with Crippen LogP contribution in [0.15, 0.2) is 48.5 Å². The molecule has 7 heteroatoms. The smallest absolute Gasteiger partial charge is 0.340 e. The summed E-state index contributed by atoms with van der Waals surface area (Å²) in [4.78, 5) is 37.3. The van der Waals surface area contributed by atoms with Crippen molar-refractivity contribution in [2.45, 2.75) is 51.5 Å². The maximum Gasteiger partial charge on any atom is 0.340 e. The molecule has 0 spiro atoms. The number of anilines is 1. The summed E-state index contributed by atoms with van der Waals surface area (Å²) < 4.78 is 10.4. The van der Waals surface area contributed by atoms with Crippen molar-refractivity contribution in [3.8, 4) is 5.75 Å². The Morgan fingerprint density at radius 2 is 1.70 bits per heavy atom. The topological polar surface area (TPSA) is 93.7 Å². The van der Waals surface area contributed by atoms with Crippen LogP contribution >= 0.6 is 0 Å². The number of ether oxygens (including phenoxy) is 2. The van der Waals surface area contributed by atoms with Gasteiger partial charge in [-0.1, -0.05) is 44.0 Å². The van der Waals surface area contributed by atoms with Crippen LogP contribution in [0.3, 0.4) is 0 Å². The van der Waals surface area contributed by atoms with Gasteiger partial charge in [0.25, 0.3) is 5.91 Å². The Labute approximate surface area is 194 Å². The molecule has 1 saturated carbocycles. The van der Waals surface area contributed by atoms with Crippen LogP contribution in [0.5, 0.6) is 5.75 Å². The first kappa shape index (κ1) is 24.3. The van der Waals surface area contributed by atoms with Crippen LogP contribution in [0.25, 0.3) is 0 Å². The Morgan fingerprint density at radius 3 is 2.42 bits per heavy atom. The van der Waals surface area contributed by atoms with Gasteiger partial charge in [-0.2, -0.15) is 0 Å². The van der Waals surface area contributed by atoms with Crippen LogP contribution in [-0.4, -0.2) is 37.5 Å². The van der Waals surface area contributed by atoms with E-state index in [0.717, 1.165) is 30.6 Å². The van der Waals surface area contributed by atoms with E-state index in [-0.39, 0.29) is 36.4 Å². The van der Waals surface area contributed by atoms with Crippen molar-refractivity contribution in [2.75, 3.05) is 19.0 Å². The molecular formula is C26H32N2O5. The number of rotatable bonds is 9. The molecule has 2 aromatic carbocycles. The number of amides is 2. The van der Waals surface area contributed by atoms with Crippen LogP contribution in [0.1, 0.15) is 54.9 Å². The molecule has 0 aromatic heterocycles. The molecule has 0 unspecified atom stereocenters. The Morgan fingerprint density at radius 1 is 0.970 bits per heavy atom. The first-order valence-electron chi connectivity index (χ1n) is 11.4. The summed E-state index contributed by atoms with van der Waals surface area (Å²) >= 11 is 0. The van der Waals surface area contributed by atoms with E-state index in [0.29, 0.717) is 18.0 Å². The Hall–Kier alpha value is -3.35. The fraction of sp³-hybridized carbons (Fsp3) is 0.423. The Kier molecular flexibility index (Phi) is 8.87. The van der Waals surface area contributed by atoms with Crippen molar-refractivity contribution in [1.29, 1.82) is 0 Å². The number of aryl methyl sites for hydroxylation is 1. The largest absolute Gasteiger partial charge is 0.497 e. The normalized spacial score (nSPS) is 17.6. The monoisotopic (exact) mass is 452 g/mol. The molecule has 33 heavy (non-hydrogen) atoms. The van der Waals surface area contributed by atoms with Gasteiger partial charge in [-0.3, -0.25) is 9.59 Å². The summed E-state index contributed by atoms with van der Waals surface area (Å²) in [6.45, 7) is 1.78. The van der Waals surface area contributed by atoms with E-state index < -0.39 is 5.97 Å². The summed E-state index contributed by atoms with van der Waals surface area (Å²) in [6, 6.07) is 14.3. The summed E-state index contributed by atoms with van der Waals surface area (Å²) in [5.41, 5.74) is 1.59. The molecule has 0 aliphatic heterocycles. The zero-order valence-corrected chi connectivity index (χ0v) is 19.3. The highest BCUT2D eigenvalue weighted by Crippen LogP contribution is 2.23. The van der Waals surface area contributed by atoms with Crippen LogP contribution in [-0.2, 0) is 20.7 Å². The standard InChI is InChI=1S/C26H32N2O5/c1-18-7-3-5-9-22(18)27-25(30)17-33-26(31)21-8-4-6-10-23(21)28-24(29)16-13-19-11-14-20(32-2)15-12-19/h4,6,8,10-12,14-15,18,22H,3,5,7,9,13,16-17H2,1-2H3,(H,27,30)(H,28,29)/t18-,22-/m0/s1. The molecule has 7 nitrogen and oxygen atoms in total. The average molecular weight is 453 g/mol. The van der Waals surface area contributed by atoms with Gasteiger partial charge in [0.15, 0.2) is 6.61 Å². The number of benzene rings is 2. The number of nitrogens with one attached hydrogen (secondary N) is 2. The molecule has 2 N–H and O–H groups in total. The molecule has 3 rings (SSSR count). The minimum atomic E-state index is -0.645. The van der Waals surface area contributed by atoms with Crippen molar-refractivity contribution in [3.63, 3.8) is 0 Å². The van der Waals surface area contributed by atoms with Crippen molar-refractivity contribution < 1.29 is 23.9 Å². The van der Waals surface area contributed by atoms with Crippen molar-refractivity contribution in [2.24, 2.45) is 5.92 Å². The molecule has 2 atom stereocenters. The van der Waals surface area contributed by atoms with Crippen LogP contribution in [0.4, 0.5) is 5.69 Å². The van der Waals surface area contributed by atoms with E-state index in [1.54, 1.807) is 31.4 Å². The van der Waals surface area contributed by atoms with E-state index in [4.69, 9.17) is 9.47 Å². The highest BCUT2D eigenvalue weighted by atomic mass is 16.5. The van der Waals surface area contributed by atoms with Crippen molar-refractivity contribution >= 4 is 23.5 Å². The van der Waals surface area contributed by atoms with Crippen LogP contribution in [0, 0.1) is 5.92 Å². The lowest BCUT2D eigenvalue weighted by Gasteiger charge is -2.29. The lowest BCUT2D eigenvalue weighted by molar-refractivity contribution is -0.125. The van der Waals surface area contributed by atoms with Crippen LogP contribution < -0.4 is 15.4 Å². The summed E-state index contributed by atoms with van der Waals surface area (Å²) in [6.07, 6.45) is 5.15. The zero-order valence-electron chi connectivity index (χ0n) is 19.3. The van der Waals surface area contributed by atoms with E-state index in [1.807, 2.05) is 24.3 Å². The minimum Gasteiger partial charge on any atom is -0.497 e. The number of esters is 1. The second-order valence-corrected chi connectivity index (χ2v) is 8.45. The quantitative estimate of drug-likeness (QED) is 0.558. The third-order valence-corrected chi connectivity index (χ3v) is 6.01. The SMILES string of the molecule is COc1ccc(CCC(=O)Nc2ccccc2C(=O)OCC(=O)N[C@H]2CCCC[C@@H]2C)cc1. The average Bonchev–Trinajstić information content (AvgIpc) is 2.83. The van der Waals surface area contributed by atoms with Gasteiger partial charge in [-0.15, -0.1) is 0 Å². The van der Waals surface area contributed by atoms with Gasteiger partial charge in [0, 0.05) is 12.5 Å². The van der Waals surface area contributed by atoms with Gasteiger partial charge in [0.1, 0.15) is 5.75 Å². The summed E-state index contributed by atoms with van der Waals surface area (Å²) in [7, 11) is 1.61. The highest BCUT2D eigenvalue weighted by molar-refractivity contribution is 6.01. The Bertz CT molecular complexity index is 957. The number of methoxy groups -OCH3 is 1. The minimum absolute atomic E-state index is 0.127. The number of para-hydroxylation sites is 1. The first-order valence-corrected chi connectivity index (χ1v) is 11.4. The molecule has 1 aliphatic rings. The number of hydrogen-bond donors (Lipinski definition) is 2. The Balaban J connectivity index is 1.50. The van der Waals surface area contributed by atoms with Gasteiger partial charge >= 0.3 is 5.97 Å². The lowest BCUT2D eigenvalue weighted by Crippen LogP contribution is -2.42. The van der Waals surface area contributed by atoms with E-state index in [1.165, 1.54) is 6.42 Å². The zero-order chi connectivity index (χ0) is 23.6. The molecule has 176 valence electrons. The number of hydrogen-bond acceptors (Lipinski definition) is 5. The first-order chi connectivity index (χ1) is 16.0.